The summed E-state index contributed by atoms with van der Waals surface area (Å²) in [4.78, 5) is 13.6. The van der Waals surface area contributed by atoms with E-state index in [2.05, 4.69) is 16.1 Å². The zero-order valence-corrected chi connectivity index (χ0v) is 17.5. The predicted molar refractivity (Wildman–Crippen MR) is 112 cm³/mol. The molecular formula is C20H21N3O4S2. The number of carbonyl (C=O) groups is 1. The second-order valence-electron chi connectivity index (χ2n) is 6.47. The van der Waals surface area contributed by atoms with Crippen LogP contribution in [-0.2, 0) is 10.0 Å². The lowest BCUT2D eigenvalue weighted by molar-refractivity contribution is 0.102. The summed E-state index contributed by atoms with van der Waals surface area (Å²) in [6.07, 6.45) is 2.02. The summed E-state index contributed by atoms with van der Waals surface area (Å²) in [7, 11) is -2.39. The van der Waals surface area contributed by atoms with E-state index >= 15 is 0 Å². The van der Waals surface area contributed by atoms with E-state index < -0.39 is 15.9 Å². The maximum absolute atomic E-state index is 12.8. The molecule has 7 nitrogen and oxygen atoms in total. The van der Waals surface area contributed by atoms with Crippen molar-refractivity contribution in [3.05, 3.63) is 48.0 Å². The monoisotopic (exact) mass is 431 g/mol. The van der Waals surface area contributed by atoms with Gasteiger partial charge in [0.1, 0.15) is 10.6 Å². The minimum Gasteiger partial charge on any atom is -0.495 e. The van der Waals surface area contributed by atoms with Crippen LogP contribution in [-0.4, -0.2) is 33.2 Å². The zero-order valence-electron chi connectivity index (χ0n) is 15.8. The summed E-state index contributed by atoms with van der Waals surface area (Å²) in [5.74, 6) is 0.368. The van der Waals surface area contributed by atoms with Gasteiger partial charge in [-0.2, -0.15) is 5.26 Å². The third-order valence-corrected chi connectivity index (χ3v) is 6.84. The van der Waals surface area contributed by atoms with Crippen LogP contribution in [0.3, 0.4) is 0 Å². The van der Waals surface area contributed by atoms with E-state index in [1.165, 1.54) is 37.1 Å². The number of nitrogens with zero attached hydrogens (tertiary/aromatic N) is 1. The van der Waals surface area contributed by atoms with E-state index in [0.717, 1.165) is 17.7 Å². The number of benzene rings is 2. The Morgan fingerprint density at radius 3 is 2.72 bits per heavy atom. The van der Waals surface area contributed by atoms with E-state index in [9.17, 15) is 13.2 Å². The van der Waals surface area contributed by atoms with E-state index in [0.29, 0.717) is 17.9 Å². The number of amides is 1. The average Bonchev–Trinajstić information content (AvgIpc) is 3.52. The number of hydrogen-bond donors (Lipinski definition) is 2. The first-order valence-electron chi connectivity index (χ1n) is 9.05. The summed E-state index contributed by atoms with van der Waals surface area (Å²) < 4.78 is 33.1. The summed E-state index contributed by atoms with van der Waals surface area (Å²) in [6, 6.07) is 13.6. The van der Waals surface area contributed by atoms with Crippen LogP contribution in [0.2, 0.25) is 0 Å². The van der Waals surface area contributed by atoms with Crippen LogP contribution in [0.5, 0.6) is 5.75 Å². The smallest absolute Gasteiger partial charge is 0.255 e. The highest BCUT2D eigenvalue weighted by Gasteiger charge is 2.30. The molecule has 0 saturated heterocycles. The molecule has 9 heteroatoms. The number of carbonyl (C=O) groups excluding carboxylic acids is 1. The van der Waals surface area contributed by atoms with Crippen LogP contribution in [0.4, 0.5) is 5.69 Å². The van der Waals surface area contributed by atoms with Gasteiger partial charge in [0.15, 0.2) is 0 Å². The average molecular weight is 432 g/mol. The van der Waals surface area contributed by atoms with Crippen LogP contribution in [0.15, 0.2) is 52.3 Å². The molecule has 1 amide bonds. The summed E-state index contributed by atoms with van der Waals surface area (Å²) in [5, 5.41) is 11.5. The van der Waals surface area contributed by atoms with Gasteiger partial charge in [-0.15, -0.1) is 11.8 Å². The number of nitriles is 1. The van der Waals surface area contributed by atoms with E-state index in [4.69, 9.17) is 10.00 Å². The Bertz CT molecular complexity index is 1040. The zero-order chi connectivity index (χ0) is 20.9. The molecule has 2 aromatic carbocycles. The van der Waals surface area contributed by atoms with Crippen molar-refractivity contribution in [1.29, 1.82) is 5.26 Å². The van der Waals surface area contributed by atoms with Crippen molar-refractivity contribution in [2.24, 2.45) is 0 Å². The van der Waals surface area contributed by atoms with Crippen molar-refractivity contribution in [3.8, 4) is 11.8 Å². The van der Waals surface area contributed by atoms with E-state index in [1.807, 2.05) is 12.1 Å². The lowest BCUT2D eigenvalue weighted by Crippen LogP contribution is -2.26. The molecule has 0 atom stereocenters. The van der Waals surface area contributed by atoms with Crippen molar-refractivity contribution in [2.75, 3.05) is 18.2 Å². The maximum atomic E-state index is 12.8. The van der Waals surface area contributed by atoms with Gasteiger partial charge in [0.2, 0.25) is 10.0 Å². The van der Waals surface area contributed by atoms with Crippen molar-refractivity contribution >= 4 is 33.4 Å². The highest BCUT2D eigenvalue weighted by atomic mass is 32.2. The molecule has 29 heavy (non-hydrogen) atoms. The first kappa shape index (κ1) is 21.2. The summed E-state index contributed by atoms with van der Waals surface area (Å²) >= 11 is 1.47. The van der Waals surface area contributed by atoms with Crippen LogP contribution in [0, 0.1) is 11.3 Å². The lowest BCUT2D eigenvalue weighted by Gasteiger charge is -2.13. The highest BCUT2D eigenvalue weighted by molar-refractivity contribution is 7.99. The van der Waals surface area contributed by atoms with Gasteiger partial charge in [-0.1, -0.05) is 12.1 Å². The van der Waals surface area contributed by atoms with Gasteiger partial charge >= 0.3 is 0 Å². The Labute approximate surface area is 174 Å². The van der Waals surface area contributed by atoms with Crippen LogP contribution < -0.4 is 14.8 Å². The first-order chi connectivity index (χ1) is 13.9. The lowest BCUT2D eigenvalue weighted by atomic mass is 10.2. The molecule has 1 aliphatic carbocycles. The summed E-state index contributed by atoms with van der Waals surface area (Å²) in [5.41, 5.74) is 0.815. The molecule has 0 heterocycles. The van der Waals surface area contributed by atoms with Crippen molar-refractivity contribution in [1.82, 2.24) is 4.72 Å². The molecular weight excluding hydrogens is 410 g/mol. The minimum absolute atomic E-state index is 0.0560. The van der Waals surface area contributed by atoms with Gasteiger partial charge < -0.3 is 10.1 Å². The van der Waals surface area contributed by atoms with Gasteiger partial charge in [0.05, 0.1) is 18.9 Å². The second kappa shape index (κ2) is 9.31. The largest absolute Gasteiger partial charge is 0.495 e. The van der Waals surface area contributed by atoms with Crippen molar-refractivity contribution in [3.63, 3.8) is 0 Å². The fourth-order valence-electron chi connectivity index (χ4n) is 2.61. The summed E-state index contributed by atoms with van der Waals surface area (Å²) in [6.45, 7) is 0. The number of anilines is 1. The number of methoxy groups -OCH3 is 1. The number of para-hydroxylation sites is 1. The third kappa shape index (κ3) is 5.50. The topological polar surface area (TPSA) is 108 Å². The molecule has 1 aliphatic rings. The molecule has 3 rings (SSSR count). The fourth-order valence-corrected chi connectivity index (χ4v) is 4.97. The number of hydrogen-bond acceptors (Lipinski definition) is 6. The number of ether oxygens (including phenoxy) is 1. The molecule has 0 radical (unpaired) electrons. The molecule has 0 aromatic heterocycles. The van der Waals surface area contributed by atoms with Crippen LogP contribution in [0.25, 0.3) is 0 Å². The predicted octanol–water partition coefficient (Wildman–Crippen LogP) is 3.39. The SMILES string of the molecule is COc1ccc(C(=O)Nc2ccccc2SCCC#N)cc1S(=O)(=O)NC1CC1. The van der Waals surface area contributed by atoms with Gasteiger partial charge in [0.25, 0.3) is 5.91 Å². The third-order valence-electron chi connectivity index (χ3n) is 4.22. The minimum atomic E-state index is -3.78. The van der Waals surface area contributed by atoms with Crippen molar-refractivity contribution < 1.29 is 17.9 Å². The Kier molecular flexibility index (Phi) is 6.79. The Morgan fingerprint density at radius 2 is 2.03 bits per heavy atom. The quantitative estimate of drug-likeness (QED) is 0.465. The number of thioether (sulfide) groups is 1. The molecule has 152 valence electrons. The number of sulfonamides is 1. The van der Waals surface area contributed by atoms with Crippen LogP contribution >= 0.6 is 11.8 Å². The molecule has 0 spiro atoms. The molecule has 2 aromatic rings. The number of rotatable bonds is 9. The Morgan fingerprint density at radius 1 is 1.28 bits per heavy atom. The van der Waals surface area contributed by atoms with Gasteiger partial charge in [0, 0.05) is 28.7 Å². The molecule has 0 unspecified atom stereocenters. The first-order valence-corrected chi connectivity index (χ1v) is 11.5. The molecule has 0 aliphatic heterocycles. The van der Waals surface area contributed by atoms with Gasteiger partial charge in [-0.3, -0.25) is 4.79 Å². The van der Waals surface area contributed by atoms with Crippen LogP contribution in [0.1, 0.15) is 29.6 Å². The highest BCUT2D eigenvalue weighted by Crippen LogP contribution is 2.30. The number of nitrogens with one attached hydrogen (secondary N) is 2. The van der Waals surface area contributed by atoms with Gasteiger partial charge in [-0.25, -0.2) is 13.1 Å². The van der Waals surface area contributed by atoms with E-state index in [1.54, 1.807) is 12.1 Å². The molecule has 1 fully saturated rings. The fraction of sp³-hybridized carbons (Fsp3) is 0.300. The maximum Gasteiger partial charge on any atom is 0.255 e. The van der Waals surface area contributed by atoms with Gasteiger partial charge in [-0.05, 0) is 43.2 Å². The Hall–Kier alpha value is -2.54. The Balaban J connectivity index is 1.83. The van der Waals surface area contributed by atoms with Crippen molar-refractivity contribution in [2.45, 2.75) is 35.1 Å². The normalized spacial score (nSPS) is 13.5. The molecule has 1 saturated carbocycles. The second-order valence-corrected chi connectivity index (χ2v) is 9.29. The van der Waals surface area contributed by atoms with E-state index in [-0.39, 0.29) is 22.3 Å². The molecule has 2 N–H and O–H groups in total. The molecule has 0 bridgehead atoms. The standard InChI is InChI=1S/C20H21N3O4S2/c1-27-17-10-7-14(13-19(17)29(25,26)23-15-8-9-15)20(24)22-16-5-2-3-6-18(16)28-12-4-11-21/h2-3,5-7,10,13,15,23H,4,8-9,12H2,1H3,(H,22,24).